The van der Waals surface area contributed by atoms with Crippen molar-refractivity contribution in [3.05, 3.63) is 35.2 Å². The maximum Gasteiger partial charge on any atom is 1.00 e. The molecule has 0 unspecified atom stereocenters. The quantitative estimate of drug-likeness (QED) is 0.441. The Morgan fingerprint density at radius 1 is 1.50 bits per heavy atom. The number of hydrogen-bond acceptors (Lipinski definition) is 3. The molecule has 0 spiro atoms. The Balaban J connectivity index is 0.000000720. The van der Waals surface area contributed by atoms with Gasteiger partial charge in [0.1, 0.15) is 5.82 Å². The van der Waals surface area contributed by atoms with E-state index in [1.54, 1.807) is 6.20 Å². The van der Waals surface area contributed by atoms with Crippen molar-refractivity contribution < 1.29 is 29.6 Å². The number of rotatable bonds is 0. The minimum Gasteiger partial charge on any atom is -0.757 e. The summed E-state index contributed by atoms with van der Waals surface area (Å²) >= 11 is 0. The fourth-order valence-electron chi connectivity index (χ4n) is 1.11. The van der Waals surface area contributed by atoms with Crippen LogP contribution in [0.2, 0.25) is 0 Å². The average Bonchev–Trinajstić information content (AvgIpc) is 2.06. The summed E-state index contributed by atoms with van der Waals surface area (Å²) in [5, 5.41) is 12.0. The normalized spacial score (nSPS) is 13.6. The van der Waals surface area contributed by atoms with Crippen molar-refractivity contribution in [2.24, 2.45) is 0 Å². The first-order chi connectivity index (χ1) is 5.38. The Hall–Kier alpha value is -0.350. The number of aromatic nitrogens is 1. The largest absolute Gasteiger partial charge is 1.00 e. The molecule has 0 N–H and O–H groups in total. The van der Waals surface area contributed by atoms with Gasteiger partial charge in [0, 0.05) is 18.3 Å². The number of pyridine rings is 1. The summed E-state index contributed by atoms with van der Waals surface area (Å²) in [5.41, 5.74) is 0.897. The third kappa shape index (κ3) is 1.69. The van der Waals surface area contributed by atoms with Crippen LogP contribution in [-0.4, -0.2) is 11.5 Å². The van der Waals surface area contributed by atoms with Crippen LogP contribution < -0.4 is 34.6 Å². The van der Waals surface area contributed by atoms with Crippen LogP contribution in [0, 0.1) is 5.21 Å². The maximum absolute atomic E-state index is 11.1. The van der Waals surface area contributed by atoms with Gasteiger partial charge in [-0.25, -0.2) is 4.98 Å². The molecule has 1 aliphatic heterocycles. The van der Waals surface area contributed by atoms with Crippen LogP contribution in [0.25, 0.3) is 6.08 Å². The number of hydrogen-bond donors (Lipinski definition) is 0. The van der Waals surface area contributed by atoms with E-state index in [9.17, 15) is 5.21 Å². The Morgan fingerprint density at radius 3 is 3.08 bits per heavy atom. The predicted octanol–water partition coefficient (Wildman–Crippen LogP) is -1.58. The van der Waals surface area contributed by atoms with E-state index >= 15 is 0 Å². The molecule has 0 fully saturated rings. The van der Waals surface area contributed by atoms with E-state index in [-0.39, 0.29) is 29.6 Å². The van der Waals surface area contributed by atoms with E-state index < -0.39 is 0 Å². The molecule has 1 aromatic rings. The van der Waals surface area contributed by atoms with E-state index in [1.165, 1.54) is 0 Å². The van der Waals surface area contributed by atoms with Gasteiger partial charge >= 0.3 is 29.6 Å². The number of hydroxylamine groups is 1. The second-order valence-electron chi connectivity index (χ2n) is 2.38. The van der Waals surface area contributed by atoms with Gasteiger partial charge in [0.25, 0.3) is 0 Å². The number of fused-ring (bicyclic) bond motifs is 1. The van der Waals surface area contributed by atoms with Gasteiger partial charge in [-0.1, -0.05) is 12.2 Å². The van der Waals surface area contributed by atoms with E-state index in [1.807, 2.05) is 24.3 Å². The Labute approximate surface area is 93.0 Å². The van der Waals surface area contributed by atoms with E-state index in [0.29, 0.717) is 12.4 Å². The van der Waals surface area contributed by atoms with Gasteiger partial charge < -0.3 is 10.3 Å². The van der Waals surface area contributed by atoms with Crippen molar-refractivity contribution in [1.29, 1.82) is 0 Å². The molecule has 3 nitrogen and oxygen atoms in total. The van der Waals surface area contributed by atoms with Crippen molar-refractivity contribution in [2.45, 2.75) is 0 Å². The van der Waals surface area contributed by atoms with Crippen molar-refractivity contribution in [3.63, 3.8) is 0 Å². The molecule has 2 rings (SSSR count). The second kappa shape index (κ2) is 4.05. The van der Waals surface area contributed by atoms with Crippen molar-refractivity contribution in [1.82, 2.24) is 4.98 Å². The molecule has 1 aliphatic rings. The van der Waals surface area contributed by atoms with E-state index in [2.05, 4.69) is 4.98 Å². The molecule has 0 saturated carbocycles. The minimum atomic E-state index is 0. The molecule has 2 heterocycles. The van der Waals surface area contributed by atoms with Crippen molar-refractivity contribution in [2.75, 3.05) is 11.6 Å². The van der Waals surface area contributed by atoms with Gasteiger partial charge in [-0.05, 0) is 12.1 Å². The maximum atomic E-state index is 11.1. The Bertz CT molecular complexity index is 301. The van der Waals surface area contributed by atoms with Crippen LogP contribution in [0.4, 0.5) is 5.82 Å². The standard InChI is InChI=1S/C8H7N2O.Na/c11-10-6-2-4-7-3-1-5-9-8(7)10;/h1-5H,6H2;/q-1;+1. The summed E-state index contributed by atoms with van der Waals surface area (Å²) in [5.74, 6) is 0.523. The van der Waals surface area contributed by atoms with Crippen LogP contribution in [0.3, 0.4) is 0 Å². The number of anilines is 1. The van der Waals surface area contributed by atoms with Gasteiger partial charge in [0.15, 0.2) is 0 Å². The molecule has 1 aromatic heterocycles. The summed E-state index contributed by atoms with van der Waals surface area (Å²) < 4.78 is 0. The SMILES string of the molecule is [Na+].[O-]N1CC=Cc2cccnc21. The summed E-state index contributed by atoms with van der Waals surface area (Å²) in [6, 6.07) is 3.70. The molecule has 0 bridgehead atoms. The molecule has 0 radical (unpaired) electrons. The van der Waals surface area contributed by atoms with Gasteiger partial charge in [0.2, 0.25) is 0 Å². The fourth-order valence-corrected chi connectivity index (χ4v) is 1.11. The van der Waals surface area contributed by atoms with Gasteiger partial charge in [0.05, 0.1) is 0 Å². The zero-order valence-electron chi connectivity index (χ0n) is 6.90. The molecular formula is C8H7N2NaO. The molecule has 56 valence electrons. The van der Waals surface area contributed by atoms with Gasteiger partial charge in [-0.15, -0.1) is 0 Å². The molecule has 0 aromatic carbocycles. The smallest absolute Gasteiger partial charge is 0.757 e. The van der Waals surface area contributed by atoms with Crippen LogP contribution in [0.5, 0.6) is 0 Å². The van der Waals surface area contributed by atoms with Gasteiger partial charge in [-0.2, -0.15) is 0 Å². The van der Waals surface area contributed by atoms with Crippen LogP contribution in [0.15, 0.2) is 24.4 Å². The van der Waals surface area contributed by atoms with Crippen LogP contribution in [0.1, 0.15) is 5.56 Å². The third-order valence-electron chi connectivity index (χ3n) is 1.62. The Kier molecular flexibility index (Phi) is 3.29. The van der Waals surface area contributed by atoms with Crippen molar-refractivity contribution >= 4 is 11.9 Å². The monoisotopic (exact) mass is 170 g/mol. The van der Waals surface area contributed by atoms with Gasteiger partial charge in [-0.3, -0.25) is 0 Å². The summed E-state index contributed by atoms with van der Waals surface area (Å²) in [7, 11) is 0. The third-order valence-corrected chi connectivity index (χ3v) is 1.62. The average molecular weight is 170 g/mol. The van der Waals surface area contributed by atoms with Crippen LogP contribution >= 0.6 is 0 Å². The predicted molar refractivity (Wildman–Crippen MR) is 44.0 cm³/mol. The Morgan fingerprint density at radius 2 is 2.33 bits per heavy atom. The summed E-state index contributed by atoms with van der Waals surface area (Å²) in [6.07, 6.45) is 5.37. The molecule has 4 heteroatoms. The first kappa shape index (κ1) is 9.74. The molecule has 0 amide bonds. The van der Waals surface area contributed by atoms with E-state index in [0.717, 1.165) is 10.6 Å². The first-order valence-corrected chi connectivity index (χ1v) is 3.44. The van der Waals surface area contributed by atoms with Crippen molar-refractivity contribution in [3.8, 4) is 0 Å². The molecular weight excluding hydrogens is 163 g/mol. The minimum absolute atomic E-state index is 0. The molecule has 0 saturated heterocycles. The van der Waals surface area contributed by atoms with Crippen LogP contribution in [-0.2, 0) is 0 Å². The van der Waals surface area contributed by atoms with E-state index in [4.69, 9.17) is 0 Å². The zero-order chi connectivity index (χ0) is 7.68. The summed E-state index contributed by atoms with van der Waals surface area (Å²) in [4.78, 5) is 3.96. The zero-order valence-corrected chi connectivity index (χ0v) is 8.90. The number of nitrogens with zero attached hydrogens (tertiary/aromatic N) is 2. The molecule has 0 aliphatic carbocycles. The molecule has 0 atom stereocenters. The summed E-state index contributed by atoms with van der Waals surface area (Å²) in [6.45, 7) is 0.407. The fraction of sp³-hybridized carbons (Fsp3) is 0.125. The topological polar surface area (TPSA) is 39.2 Å². The first-order valence-electron chi connectivity index (χ1n) is 3.44. The second-order valence-corrected chi connectivity index (χ2v) is 2.38. The molecule has 12 heavy (non-hydrogen) atoms.